The molecule has 10 heteroatoms. The van der Waals surface area contributed by atoms with Crippen LogP contribution in [0.1, 0.15) is 81.7 Å². The number of aryl methyl sites for hydroxylation is 1. The molecule has 2 aromatic carbocycles. The number of benzene rings is 2. The Kier molecular flexibility index (Phi) is 8.32. The van der Waals surface area contributed by atoms with E-state index < -0.39 is 22.5 Å². The maximum atomic E-state index is 14.7. The molecule has 3 aliphatic heterocycles. The van der Waals surface area contributed by atoms with E-state index in [0.717, 1.165) is 47.3 Å². The summed E-state index contributed by atoms with van der Waals surface area (Å²) < 4.78 is 5.67. The van der Waals surface area contributed by atoms with Crippen molar-refractivity contribution in [2.75, 3.05) is 31.5 Å². The van der Waals surface area contributed by atoms with Gasteiger partial charge >= 0.3 is 6.09 Å². The summed E-state index contributed by atoms with van der Waals surface area (Å²) in [6.07, 6.45) is 8.71. The molecular formula is C39H47N5O5. The molecule has 3 N–H and O–H groups in total. The molecule has 0 saturated carbocycles. The third-order valence-electron chi connectivity index (χ3n) is 10.8. The zero-order chi connectivity index (χ0) is 34.6. The number of allylic oxidation sites excluding steroid dienone is 1. The predicted molar refractivity (Wildman–Crippen MR) is 186 cm³/mol. The second-order valence-corrected chi connectivity index (χ2v) is 15.6. The zero-order valence-corrected chi connectivity index (χ0v) is 29.0. The third kappa shape index (κ3) is 6.22. The Morgan fingerprint density at radius 2 is 1.86 bits per heavy atom. The Bertz CT molecular complexity index is 1770. The van der Waals surface area contributed by atoms with E-state index in [2.05, 4.69) is 28.1 Å². The average Bonchev–Trinajstić information content (AvgIpc) is 3.58. The van der Waals surface area contributed by atoms with Crippen LogP contribution in [-0.4, -0.2) is 65.4 Å². The van der Waals surface area contributed by atoms with Crippen molar-refractivity contribution in [1.82, 2.24) is 20.4 Å². The number of anilines is 1. The molecule has 5 aliphatic rings. The van der Waals surface area contributed by atoms with Gasteiger partial charge in [-0.1, -0.05) is 42.5 Å². The molecule has 4 amide bonds. The van der Waals surface area contributed by atoms with E-state index in [1.54, 1.807) is 9.80 Å². The van der Waals surface area contributed by atoms with Crippen molar-refractivity contribution >= 4 is 29.5 Å². The van der Waals surface area contributed by atoms with Crippen molar-refractivity contribution in [3.8, 4) is 0 Å². The number of dihydropyridines is 1. The summed E-state index contributed by atoms with van der Waals surface area (Å²) in [4.78, 5) is 58.3. The Morgan fingerprint density at radius 3 is 2.67 bits per heavy atom. The van der Waals surface area contributed by atoms with Gasteiger partial charge in [-0.2, -0.15) is 0 Å². The average molecular weight is 666 g/mol. The third-order valence-corrected chi connectivity index (χ3v) is 10.8. The highest BCUT2D eigenvalue weighted by Gasteiger charge is 2.52. The lowest BCUT2D eigenvalue weighted by Crippen LogP contribution is -2.55. The van der Waals surface area contributed by atoms with Gasteiger partial charge in [0, 0.05) is 30.9 Å². The highest BCUT2D eigenvalue weighted by molar-refractivity contribution is 5.97. The quantitative estimate of drug-likeness (QED) is 0.406. The Labute approximate surface area is 288 Å². The van der Waals surface area contributed by atoms with Crippen LogP contribution in [0.4, 0.5) is 10.5 Å². The van der Waals surface area contributed by atoms with Gasteiger partial charge in [0.05, 0.1) is 16.9 Å². The first-order valence-corrected chi connectivity index (χ1v) is 17.6. The lowest BCUT2D eigenvalue weighted by molar-refractivity contribution is -0.149. The van der Waals surface area contributed by atoms with E-state index in [0.29, 0.717) is 44.5 Å². The summed E-state index contributed by atoms with van der Waals surface area (Å²) in [6, 6.07) is 13.8. The minimum atomic E-state index is -0.873. The summed E-state index contributed by atoms with van der Waals surface area (Å²) >= 11 is 0. The van der Waals surface area contributed by atoms with Crippen LogP contribution < -0.4 is 16.0 Å². The van der Waals surface area contributed by atoms with Crippen molar-refractivity contribution in [2.45, 2.75) is 84.3 Å². The van der Waals surface area contributed by atoms with E-state index >= 15 is 0 Å². The number of piperidine rings is 1. The Hall–Kier alpha value is -4.60. The molecule has 3 heterocycles. The van der Waals surface area contributed by atoms with E-state index in [1.165, 1.54) is 5.56 Å². The smallest absolute Gasteiger partial charge is 0.410 e. The molecule has 1 spiro atoms. The summed E-state index contributed by atoms with van der Waals surface area (Å²) in [5.41, 5.74) is 3.88. The molecule has 1 fully saturated rings. The molecule has 0 aromatic heterocycles. The van der Waals surface area contributed by atoms with Crippen LogP contribution in [0.2, 0.25) is 0 Å². The number of hydrogen-bond acceptors (Lipinski definition) is 6. The molecule has 258 valence electrons. The number of carbonyl (C=O) groups excluding carboxylic acids is 4. The van der Waals surface area contributed by atoms with Crippen molar-refractivity contribution < 1.29 is 23.9 Å². The highest BCUT2D eigenvalue weighted by Crippen LogP contribution is 2.48. The van der Waals surface area contributed by atoms with Crippen molar-refractivity contribution in [2.24, 2.45) is 10.8 Å². The van der Waals surface area contributed by atoms with Crippen LogP contribution in [0.15, 0.2) is 66.0 Å². The Morgan fingerprint density at radius 1 is 1.06 bits per heavy atom. The number of nitrogens with zero attached hydrogens (tertiary/aromatic N) is 2. The predicted octanol–water partition coefficient (Wildman–Crippen LogP) is 5.15. The molecule has 3 atom stereocenters. The maximum absolute atomic E-state index is 14.7. The van der Waals surface area contributed by atoms with Crippen LogP contribution >= 0.6 is 0 Å². The van der Waals surface area contributed by atoms with Gasteiger partial charge in [-0.25, -0.2) is 4.79 Å². The van der Waals surface area contributed by atoms with Gasteiger partial charge in [0.25, 0.3) is 0 Å². The first-order valence-electron chi connectivity index (χ1n) is 17.6. The number of likely N-dealkylation sites (tertiary alicyclic amines) is 1. The number of ether oxygens (including phenoxy) is 1. The molecule has 7 rings (SSSR count). The van der Waals surface area contributed by atoms with Gasteiger partial charge in [-0.3, -0.25) is 14.4 Å². The molecule has 10 nitrogen and oxygen atoms in total. The molecular weight excluding hydrogens is 618 g/mol. The second-order valence-electron chi connectivity index (χ2n) is 15.6. The van der Waals surface area contributed by atoms with Crippen LogP contribution in [-0.2, 0) is 38.4 Å². The number of rotatable bonds is 5. The highest BCUT2D eigenvalue weighted by atomic mass is 16.6. The van der Waals surface area contributed by atoms with Crippen LogP contribution in [0.25, 0.3) is 0 Å². The van der Waals surface area contributed by atoms with Gasteiger partial charge in [0.2, 0.25) is 17.7 Å². The lowest BCUT2D eigenvalue weighted by Gasteiger charge is -2.44. The van der Waals surface area contributed by atoms with Gasteiger partial charge < -0.3 is 30.5 Å². The number of nitrogens with one attached hydrogen (secondary N) is 3. The van der Waals surface area contributed by atoms with Gasteiger partial charge in [0.15, 0.2) is 0 Å². The fourth-order valence-corrected chi connectivity index (χ4v) is 8.46. The molecule has 2 aliphatic carbocycles. The number of hydrogen-bond donors (Lipinski definition) is 3. The molecule has 49 heavy (non-hydrogen) atoms. The number of amides is 4. The van der Waals surface area contributed by atoms with Crippen molar-refractivity contribution in [3.05, 3.63) is 88.3 Å². The van der Waals surface area contributed by atoms with E-state index in [9.17, 15) is 19.2 Å². The second kappa shape index (κ2) is 12.4. The number of carbonyl (C=O) groups is 4. The normalized spacial score (nSPS) is 25.6. The van der Waals surface area contributed by atoms with Crippen molar-refractivity contribution in [3.63, 3.8) is 0 Å². The molecule has 2 aromatic rings. The minimum Gasteiger partial charge on any atom is -0.444 e. The maximum Gasteiger partial charge on any atom is 0.410 e. The number of fused-ring (bicyclic) bond motifs is 3. The lowest BCUT2D eigenvalue weighted by atomic mass is 9.78. The summed E-state index contributed by atoms with van der Waals surface area (Å²) in [5.74, 6) is 0.389. The summed E-state index contributed by atoms with van der Waals surface area (Å²) in [7, 11) is 0. The molecule has 0 radical (unpaired) electrons. The van der Waals surface area contributed by atoms with E-state index in [4.69, 9.17) is 4.74 Å². The SMILES string of the molecule is CC(C)(C)OC(=O)N1CCCC(C)(C(=O)N(CC(=O)Nc2ccc3c(c2)CC2(C3)C(=O)NC3=C2C=CCN3)C2CCCc3ccccc32)C1. The van der Waals surface area contributed by atoms with E-state index in [1.807, 2.05) is 70.2 Å². The standard InChI is InChI=1S/C39H47N5O5/c1-37(2,3)49-36(48)43-19-9-17-38(4,24-43)35(47)44(31-14-7-11-25-10-5-6-12-29(25)31)23-32(45)41-28-16-15-26-21-39(22-27(26)20-28)30-13-8-18-40-33(30)42-34(39)46/h5-6,8,10,12-13,15-16,20,31,40H,7,9,11,14,17-19,21-24H2,1-4H3,(H,41,45)(H,42,46). The van der Waals surface area contributed by atoms with Gasteiger partial charge in [-0.15, -0.1) is 0 Å². The van der Waals surface area contributed by atoms with E-state index in [-0.39, 0.29) is 36.9 Å². The zero-order valence-electron chi connectivity index (χ0n) is 29.0. The Balaban J connectivity index is 1.12. The largest absolute Gasteiger partial charge is 0.444 e. The first kappa shape index (κ1) is 32.9. The fraction of sp³-hybridized carbons (Fsp3) is 0.487. The van der Waals surface area contributed by atoms with Crippen LogP contribution in [0, 0.1) is 10.8 Å². The minimum absolute atomic E-state index is 0.00157. The molecule has 1 saturated heterocycles. The first-order chi connectivity index (χ1) is 23.3. The van der Waals surface area contributed by atoms with Crippen LogP contribution in [0.5, 0.6) is 0 Å². The molecule has 3 unspecified atom stereocenters. The van der Waals surface area contributed by atoms with Crippen molar-refractivity contribution in [1.29, 1.82) is 0 Å². The topological polar surface area (TPSA) is 120 Å². The van der Waals surface area contributed by atoms with Crippen LogP contribution in [0.3, 0.4) is 0 Å². The van der Waals surface area contributed by atoms with Gasteiger partial charge in [0.1, 0.15) is 18.0 Å². The summed E-state index contributed by atoms with van der Waals surface area (Å²) in [5, 5.41) is 9.39. The fourth-order valence-electron chi connectivity index (χ4n) is 8.46. The van der Waals surface area contributed by atoms with Gasteiger partial charge in [-0.05, 0) is 107 Å². The monoisotopic (exact) mass is 665 g/mol. The molecule has 0 bridgehead atoms. The summed E-state index contributed by atoms with van der Waals surface area (Å²) in [6.45, 7) is 8.75.